The predicted molar refractivity (Wildman–Crippen MR) is 85.9 cm³/mol. The summed E-state index contributed by atoms with van der Waals surface area (Å²) in [5, 5.41) is 19.9. The number of aliphatic hydroxyl groups excluding tert-OH is 2. The van der Waals surface area contributed by atoms with Crippen molar-refractivity contribution in [1.29, 1.82) is 0 Å². The second-order valence-electron chi connectivity index (χ2n) is 5.37. The molecule has 0 aromatic carbocycles. The van der Waals surface area contributed by atoms with Gasteiger partial charge in [0.25, 0.3) is 5.56 Å². The van der Waals surface area contributed by atoms with Gasteiger partial charge in [0, 0.05) is 6.20 Å². The zero-order valence-electron chi connectivity index (χ0n) is 13.7. The lowest BCUT2D eigenvalue weighted by atomic mass is 10.1. The molecule has 2 unspecified atom stereocenters. The predicted octanol–water partition coefficient (Wildman–Crippen LogP) is -2.70. The largest absolute Gasteiger partial charge is 0.490 e. The van der Waals surface area contributed by atoms with Gasteiger partial charge >= 0.3 is 29.2 Å². The van der Waals surface area contributed by atoms with E-state index < -0.39 is 65.9 Å². The summed E-state index contributed by atoms with van der Waals surface area (Å²) in [5.74, 6) is 0. The topological polar surface area (TPSA) is 264 Å². The molecule has 1 aliphatic rings. The first-order chi connectivity index (χ1) is 13.1. The Bertz CT molecular complexity index is 997. The molecule has 1 saturated heterocycles. The molecule has 0 bridgehead atoms. The van der Waals surface area contributed by atoms with Crippen LogP contribution in [0.5, 0.6) is 0 Å². The minimum absolute atomic E-state index is 0.653. The monoisotopic (exact) mass is 483 g/mol. The van der Waals surface area contributed by atoms with Crippen molar-refractivity contribution in [2.24, 2.45) is 0 Å². The van der Waals surface area contributed by atoms with Gasteiger partial charge in [0.2, 0.25) is 0 Å². The Labute approximate surface area is 159 Å². The number of rotatable bonds is 8. The number of aliphatic hydroxyl groups is 2. The van der Waals surface area contributed by atoms with Crippen molar-refractivity contribution in [3.63, 3.8) is 0 Å². The van der Waals surface area contributed by atoms with Crippen molar-refractivity contribution in [1.82, 2.24) is 9.55 Å². The van der Waals surface area contributed by atoms with Crippen LogP contribution >= 0.6 is 23.5 Å². The fourth-order valence-corrected chi connectivity index (χ4v) is 5.17. The minimum atomic E-state index is -5.73. The van der Waals surface area contributed by atoms with Crippen LogP contribution in [0, 0.1) is 6.07 Å². The van der Waals surface area contributed by atoms with Crippen LogP contribution < -0.4 is 11.2 Å². The van der Waals surface area contributed by atoms with Gasteiger partial charge in [-0.15, -0.1) is 0 Å². The Balaban J connectivity index is 2.06. The van der Waals surface area contributed by atoms with E-state index in [1.54, 1.807) is 0 Å². The minimum Gasteiger partial charge on any atom is -0.387 e. The van der Waals surface area contributed by atoms with Gasteiger partial charge in [0.05, 0.1) is 12.7 Å². The Morgan fingerprint density at radius 1 is 1.07 bits per heavy atom. The smallest absolute Gasteiger partial charge is 0.387 e. The molecule has 1 radical (unpaired) electrons. The number of hydrogen-bond donors (Lipinski definition) is 7. The Morgan fingerprint density at radius 3 is 2.24 bits per heavy atom. The molecule has 1 aromatic rings. The number of H-pyrrole nitrogens is 1. The molecule has 20 heteroatoms. The number of nitrogens with zero attached hydrogens (tertiary/aromatic N) is 1. The van der Waals surface area contributed by atoms with Gasteiger partial charge in [-0.1, -0.05) is 0 Å². The summed E-state index contributed by atoms with van der Waals surface area (Å²) in [7, 11) is -16.8. The molecule has 29 heavy (non-hydrogen) atoms. The van der Waals surface area contributed by atoms with Gasteiger partial charge < -0.3 is 34.5 Å². The Kier molecular flexibility index (Phi) is 7.20. The fraction of sp³-hybridized carbons (Fsp3) is 0.556. The molecule has 1 fully saturated rings. The van der Waals surface area contributed by atoms with E-state index in [1.807, 2.05) is 4.98 Å². The molecule has 0 amide bonds. The molecule has 0 saturated carbocycles. The summed E-state index contributed by atoms with van der Waals surface area (Å²) in [6.45, 7) is -1.06. The number of nitrogens with one attached hydrogen (secondary N) is 1. The summed E-state index contributed by atoms with van der Waals surface area (Å²) >= 11 is 0. The van der Waals surface area contributed by atoms with Gasteiger partial charge in [-0.05, 0) is 0 Å². The van der Waals surface area contributed by atoms with Gasteiger partial charge in [-0.25, -0.2) is 18.5 Å². The standard InChI is InChI=1S/C9H14N2O15P3/c12-5-1-2-11(9(15)10-5)8-7(14)6(13)4(24-8)3-23-28(19,20)26-29(21,22)25-27(16,17)18/h2,4,6-8,13-14H,3H2,(H,19,20)(H,21,22)(H,10,12,15)(H2,16,17,18)/t4-,6-,7-,8-/m1/s1. The van der Waals surface area contributed by atoms with Crippen LogP contribution in [0.3, 0.4) is 0 Å². The average Bonchev–Trinajstić information content (AvgIpc) is 2.78. The van der Waals surface area contributed by atoms with Gasteiger partial charge in [0.15, 0.2) is 6.23 Å². The second-order valence-corrected chi connectivity index (χ2v) is 9.79. The number of hydrogen-bond acceptors (Lipinski definition) is 11. The van der Waals surface area contributed by atoms with Crippen LogP contribution in [0.4, 0.5) is 0 Å². The van der Waals surface area contributed by atoms with Crippen molar-refractivity contribution in [3.8, 4) is 0 Å². The van der Waals surface area contributed by atoms with Crippen molar-refractivity contribution in [2.45, 2.75) is 24.5 Å². The fourth-order valence-electron chi connectivity index (χ4n) is 2.14. The molecule has 0 spiro atoms. The lowest BCUT2D eigenvalue weighted by molar-refractivity contribution is -0.0542. The molecule has 1 aliphatic heterocycles. The average molecular weight is 483 g/mol. The number of aromatic amines is 1. The molecule has 6 atom stereocenters. The lowest BCUT2D eigenvalue weighted by Crippen LogP contribution is -2.37. The first kappa shape index (κ1) is 24.2. The van der Waals surface area contributed by atoms with Crippen LogP contribution in [-0.2, 0) is 31.6 Å². The zero-order valence-corrected chi connectivity index (χ0v) is 16.4. The summed E-state index contributed by atoms with van der Waals surface area (Å²) in [5.41, 5.74) is -1.90. The van der Waals surface area contributed by atoms with E-state index in [4.69, 9.17) is 19.4 Å². The SMILES string of the molecule is O=c1[c]cn([C@@H]2O[C@H](COP(=O)(O)OP(=O)(O)OP(=O)(O)O)[C@@H](O)[C@H]2O)c(=O)[nH]1. The van der Waals surface area contributed by atoms with E-state index in [1.165, 1.54) is 0 Å². The Hall–Kier alpha value is -1.03. The molecule has 0 aliphatic carbocycles. The summed E-state index contributed by atoms with van der Waals surface area (Å²) < 4.78 is 50.5. The van der Waals surface area contributed by atoms with Crippen LogP contribution in [0.25, 0.3) is 0 Å². The third kappa shape index (κ3) is 6.73. The van der Waals surface area contributed by atoms with E-state index in [-0.39, 0.29) is 0 Å². The highest BCUT2D eigenvalue weighted by Crippen LogP contribution is 2.66. The molecule has 2 rings (SSSR count). The van der Waals surface area contributed by atoms with Crippen molar-refractivity contribution in [2.75, 3.05) is 6.61 Å². The number of ether oxygens (including phenoxy) is 1. The van der Waals surface area contributed by atoms with Crippen LogP contribution in [0.2, 0.25) is 0 Å². The van der Waals surface area contributed by atoms with Gasteiger partial charge in [-0.2, -0.15) is 8.62 Å². The molecule has 1 aromatic heterocycles. The van der Waals surface area contributed by atoms with E-state index in [9.17, 15) is 38.4 Å². The van der Waals surface area contributed by atoms with Crippen molar-refractivity contribution in [3.05, 3.63) is 33.1 Å². The maximum absolute atomic E-state index is 11.7. The molecular formula is C9H14N2O15P3. The van der Waals surface area contributed by atoms with E-state index >= 15 is 0 Å². The summed E-state index contributed by atoms with van der Waals surface area (Å²) in [4.78, 5) is 59.8. The first-order valence-corrected chi connectivity index (χ1v) is 11.7. The summed E-state index contributed by atoms with van der Waals surface area (Å²) in [6.07, 6.45) is -5.90. The van der Waals surface area contributed by atoms with E-state index in [2.05, 4.69) is 19.2 Å². The van der Waals surface area contributed by atoms with Crippen LogP contribution in [-0.4, -0.2) is 64.3 Å². The second kappa shape index (κ2) is 8.61. The lowest BCUT2D eigenvalue weighted by Gasteiger charge is -2.19. The molecule has 7 N–H and O–H groups in total. The van der Waals surface area contributed by atoms with Crippen molar-refractivity contribution < 1.29 is 61.4 Å². The number of phosphoric ester groups is 1. The first-order valence-electron chi connectivity index (χ1n) is 7.13. The molecule has 165 valence electrons. The third-order valence-electron chi connectivity index (χ3n) is 3.22. The molecular weight excluding hydrogens is 469 g/mol. The van der Waals surface area contributed by atoms with Crippen molar-refractivity contribution >= 4 is 23.5 Å². The van der Waals surface area contributed by atoms with E-state index in [0.717, 1.165) is 6.20 Å². The zero-order chi connectivity index (χ0) is 22.2. The normalized spacial score (nSPS) is 29.3. The summed E-state index contributed by atoms with van der Waals surface area (Å²) in [6, 6.07) is 2.08. The Morgan fingerprint density at radius 2 is 1.69 bits per heavy atom. The van der Waals surface area contributed by atoms with Crippen LogP contribution in [0.15, 0.2) is 15.8 Å². The maximum Gasteiger partial charge on any atom is 0.490 e. The maximum atomic E-state index is 11.7. The number of aromatic nitrogens is 2. The van der Waals surface area contributed by atoms with Gasteiger partial charge in [-0.3, -0.25) is 18.9 Å². The highest BCUT2D eigenvalue weighted by Gasteiger charge is 2.46. The van der Waals surface area contributed by atoms with Gasteiger partial charge in [0.1, 0.15) is 18.3 Å². The highest BCUT2D eigenvalue weighted by molar-refractivity contribution is 7.66. The molecule has 2 heterocycles. The number of phosphoric acid groups is 3. The quantitative estimate of drug-likeness (QED) is 0.185. The van der Waals surface area contributed by atoms with Crippen LogP contribution in [0.1, 0.15) is 6.23 Å². The van der Waals surface area contributed by atoms with E-state index in [0.29, 0.717) is 4.57 Å². The highest BCUT2D eigenvalue weighted by atomic mass is 31.3. The molecule has 17 nitrogen and oxygen atoms in total. The third-order valence-corrected chi connectivity index (χ3v) is 7.02.